The molecule has 0 unspecified atom stereocenters. The number of furan rings is 1. The molecule has 0 aliphatic carbocycles. The number of hydrogen-bond donors (Lipinski definition) is 0. The molecule has 0 spiro atoms. The summed E-state index contributed by atoms with van der Waals surface area (Å²) in [5, 5.41) is 8.89. The number of para-hydroxylation sites is 6. The standard InChI is InChI=1S/C52H29N5O/c1-2-20-35-30(15-1)31-16-3-9-23-39(31)55-40-24-10-6-19-34(40)38-29-44-46(47(35)49(38)55)36-21-7-13-27-43(36)57(44)52-53-50(48-37-22-8-14-28-45(37)58-51(48)54-52)56-41-25-11-4-17-32(41)33-18-5-12-26-42(33)56/h1-29H. The zero-order valence-corrected chi connectivity index (χ0v) is 30.9. The first-order valence-corrected chi connectivity index (χ1v) is 19.7. The van der Waals surface area contributed by atoms with E-state index in [2.05, 4.69) is 177 Å². The lowest BCUT2D eigenvalue weighted by molar-refractivity contribution is 0.650. The van der Waals surface area contributed by atoms with Gasteiger partial charge in [0.2, 0.25) is 11.7 Å². The molecule has 1 aliphatic heterocycles. The summed E-state index contributed by atoms with van der Waals surface area (Å²) in [4.78, 5) is 11.0. The van der Waals surface area contributed by atoms with Crippen molar-refractivity contribution >= 4 is 87.5 Å². The second kappa shape index (κ2) is 10.9. The third kappa shape index (κ3) is 3.72. The number of fused-ring (bicyclic) bond motifs is 18. The Morgan fingerprint density at radius 1 is 0.379 bits per heavy atom. The third-order valence-corrected chi connectivity index (χ3v) is 12.4. The van der Waals surface area contributed by atoms with E-state index in [4.69, 9.17) is 14.4 Å². The molecular formula is C52H29N5O. The summed E-state index contributed by atoms with van der Waals surface area (Å²) < 4.78 is 13.7. The van der Waals surface area contributed by atoms with E-state index in [-0.39, 0.29) is 0 Å². The van der Waals surface area contributed by atoms with Gasteiger partial charge in [0.15, 0.2) is 5.82 Å². The van der Waals surface area contributed by atoms with Crippen molar-refractivity contribution in [2.45, 2.75) is 0 Å². The average molecular weight is 740 g/mol. The van der Waals surface area contributed by atoms with Crippen LogP contribution in [0.4, 0.5) is 0 Å². The minimum absolute atomic E-state index is 0.547. The predicted molar refractivity (Wildman–Crippen MR) is 237 cm³/mol. The molecule has 0 saturated carbocycles. The monoisotopic (exact) mass is 739 g/mol. The normalized spacial score (nSPS) is 12.5. The number of nitrogens with zero attached hydrogens (tertiary/aromatic N) is 5. The fraction of sp³-hybridized carbons (Fsp3) is 0. The summed E-state index contributed by atoms with van der Waals surface area (Å²) in [7, 11) is 0. The molecule has 8 aromatic carbocycles. The van der Waals surface area contributed by atoms with Crippen LogP contribution in [0.2, 0.25) is 0 Å². The van der Waals surface area contributed by atoms with Crippen molar-refractivity contribution < 1.29 is 4.42 Å². The molecule has 6 heterocycles. The van der Waals surface area contributed by atoms with Crippen LogP contribution in [0.25, 0.3) is 127 Å². The minimum Gasteiger partial charge on any atom is -0.437 e. The van der Waals surface area contributed by atoms with Crippen LogP contribution in [0.5, 0.6) is 0 Å². The molecule has 14 rings (SSSR count). The Balaban J connectivity index is 1.20. The SMILES string of the molecule is c1ccc2c(c1)-c1ccccc1-n1c3ccccc3c3cc4c(c-2c31)c1ccccc1n4-c1nc(-n2c3ccccc3c3ccccc32)c2c(n1)oc1ccccc12. The van der Waals surface area contributed by atoms with Crippen molar-refractivity contribution in [1.29, 1.82) is 0 Å². The van der Waals surface area contributed by atoms with E-state index < -0.39 is 0 Å². The Bertz CT molecular complexity index is 3880. The number of aromatic nitrogens is 5. The van der Waals surface area contributed by atoms with Gasteiger partial charge in [-0.1, -0.05) is 133 Å². The number of hydrogen-bond acceptors (Lipinski definition) is 3. The first-order valence-electron chi connectivity index (χ1n) is 19.7. The maximum atomic E-state index is 6.68. The highest BCUT2D eigenvalue weighted by Gasteiger charge is 2.30. The van der Waals surface area contributed by atoms with Gasteiger partial charge in [0, 0.05) is 48.8 Å². The van der Waals surface area contributed by atoms with Gasteiger partial charge in [-0.3, -0.25) is 9.13 Å². The molecule has 0 fully saturated rings. The van der Waals surface area contributed by atoms with Gasteiger partial charge in [0.1, 0.15) is 5.58 Å². The molecule has 1 aliphatic rings. The Kier molecular flexibility index (Phi) is 5.68. The zero-order chi connectivity index (χ0) is 37.6. The Morgan fingerprint density at radius 3 is 1.64 bits per heavy atom. The summed E-state index contributed by atoms with van der Waals surface area (Å²) in [6.07, 6.45) is 0. The quantitative estimate of drug-likeness (QED) is 0.177. The van der Waals surface area contributed by atoms with Crippen molar-refractivity contribution in [2.24, 2.45) is 0 Å². The van der Waals surface area contributed by atoms with Crippen molar-refractivity contribution in [2.75, 3.05) is 0 Å². The highest BCUT2D eigenvalue weighted by molar-refractivity contribution is 6.28. The zero-order valence-electron chi connectivity index (χ0n) is 30.9. The second-order valence-electron chi connectivity index (χ2n) is 15.3. The molecule has 6 nitrogen and oxygen atoms in total. The van der Waals surface area contributed by atoms with Crippen LogP contribution in [0.3, 0.4) is 0 Å². The van der Waals surface area contributed by atoms with Gasteiger partial charge in [0.05, 0.1) is 44.2 Å². The van der Waals surface area contributed by atoms with Gasteiger partial charge in [-0.25, -0.2) is 0 Å². The molecule has 58 heavy (non-hydrogen) atoms. The number of rotatable bonds is 2. The summed E-state index contributed by atoms with van der Waals surface area (Å²) in [6.45, 7) is 0. The van der Waals surface area contributed by atoms with E-state index in [1.54, 1.807) is 0 Å². The Hall–Kier alpha value is -7.96. The summed E-state index contributed by atoms with van der Waals surface area (Å²) in [5.74, 6) is 1.33. The lowest BCUT2D eigenvalue weighted by atomic mass is 9.91. The van der Waals surface area contributed by atoms with Crippen LogP contribution in [-0.2, 0) is 0 Å². The molecular weight excluding hydrogens is 711 g/mol. The molecule has 0 atom stereocenters. The smallest absolute Gasteiger partial charge is 0.240 e. The van der Waals surface area contributed by atoms with E-state index in [1.807, 2.05) is 12.1 Å². The van der Waals surface area contributed by atoms with Gasteiger partial charge in [0.25, 0.3) is 0 Å². The fourth-order valence-electron chi connectivity index (χ4n) is 10.1. The number of benzene rings is 8. The second-order valence-corrected chi connectivity index (χ2v) is 15.3. The highest BCUT2D eigenvalue weighted by atomic mass is 16.3. The molecule has 6 heteroatoms. The topological polar surface area (TPSA) is 53.7 Å². The van der Waals surface area contributed by atoms with Crippen LogP contribution in [0.15, 0.2) is 180 Å². The summed E-state index contributed by atoms with van der Waals surface area (Å²) in [6, 6.07) is 62.9. The van der Waals surface area contributed by atoms with Crippen LogP contribution < -0.4 is 0 Å². The fourth-order valence-corrected chi connectivity index (χ4v) is 10.1. The van der Waals surface area contributed by atoms with Crippen molar-refractivity contribution in [3.63, 3.8) is 0 Å². The van der Waals surface area contributed by atoms with Crippen molar-refractivity contribution in [1.82, 2.24) is 23.7 Å². The lowest BCUT2D eigenvalue weighted by Crippen LogP contribution is -2.06. The predicted octanol–water partition coefficient (Wildman–Crippen LogP) is 13.3. The van der Waals surface area contributed by atoms with Crippen molar-refractivity contribution in [3.8, 4) is 39.7 Å². The molecule has 0 N–H and O–H groups in total. The lowest BCUT2D eigenvalue weighted by Gasteiger charge is -2.13. The third-order valence-electron chi connectivity index (χ3n) is 12.4. The molecule has 268 valence electrons. The first kappa shape index (κ1) is 30.3. The molecule has 0 radical (unpaired) electrons. The molecule has 0 bridgehead atoms. The molecule has 0 amide bonds. The Morgan fingerprint density at radius 2 is 0.914 bits per heavy atom. The van der Waals surface area contributed by atoms with E-state index in [9.17, 15) is 0 Å². The van der Waals surface area contributed by atoms with E-state index in [0.29, 0.717) is 11.7 Å². The maximum Gasteiger partial charge on any atom is 0.240 e. The average Bonchev–Trinajstić information content (AvgIpc) is 4.00. The van der Waals surface area contributed by atoms with Crippen LogP contribution in [0, 0.1) is 0 Å². The minimum atomic E-state index is 0.547. The summed E-state index contributed by atoms with van der Waals surface area (Å²) in [5.41, 5.74) is 13.9. The van der Waals surface area contributed by atoms with Gasteiger partial charge in [-0.2, -0.15) is 9.97 Å². The van der Waals surface area contributed by atoms with Gasteiger partial charge in [-0.15, -0.1) is 0 Å². The maximum absolute atomic E-state index is 6.68. The van der Waals surface area contributed by atoms with Gasteiger partial charge >= 0.3 is 0 Å². The molecule has 0 saturated heterocycles. The van der Waals surface area contributed by atoms with E-state index in [0.717, 1.165) is 49.6 Å². The summed E-state index contributed by atoms with van der Waals surface area (Å²) >= 11 is 0. The van der Waals surface area contributed by atoms with Gasteiger partial charge in [-0.05, 0) is 53.6 Å². The van der Waals surface area contributed by atoms with Crippen molar-refractivity contribution in [3.05, 3.63) is 176 Å². The van der Waals surface area contributed by atoms with Crippen LogP contribution >= 0.6 is 0 Å². The highest BCUT2D eigenvalue weighted by Crippen LogP contribution is 2.51. The first-order chi connectivity index (χ1) is 28.8. The largest absolute Gasteiger partial charge is 0.437 e. The Labute approximate surface area is 330 Å². The van der Waals surface area contributed by atoms with E-state index in [1.165, 1.54) is 65.9 Å². The van der Waals surface area contributed by atoms with Crippen LogP contribution in [0.1, 0.15) is 0 Å². The van der Waals surface area contributed by atoms with Gasteiger partial charge < -0.3 is 8.98 Å². The van der Waals surface area contributed by atoms with Crippen LogP contribution in [-0.4, -0.2) is 23.7 Å². The van der Waals surface area contributed by atoms with E-state index >= 15 is 0 Å². The molecule has 13 aromatic rings. The molecule has 5 aromatic heterocycles.